The molecule has 0 atom stereocenters. The van der Waals surface area contributed by atoms with E-state index in [0.717, 1.165) is 0 Å². The Hall–Kier alpha value is -0.380. The van der Waals surface area contributed by atoms with Crippen LogP contribution in [-0.2, 0) is 6.54 Å². The summed E-state index contributed by atoms with van der Waals surface area (Å²) in [4.78, 5) is 0. The van der Waals surface area contributed by atoms with Gasteiger partial charge in [-0.05, 0) is 12.1 Å². The number of nitrogens with two attached hydrogens (primary N) is 1. The summed E-state index contributed by atoms with van der Waals surface area (Å²) in [6.45, 7) is 0.235. The maximum Gasteiger partial charge on any atom is 0.125 e. The molecule has 1 heterocycles. The summed E-state index contributed by atoms with van der Waals surface area (Å²) in [5.74, 6) is 0.576. The minimum atomic E-state index is 0.235. The zero-order chi connectivity index (χ0) is 12.6. The summed E-state index contributed by atoms with van der Waals surface area (Å²) < 4.78 is 5.23. The first-order chi connectivity index (χ1) is 8.06. The van der Waals surface area contributed by atoms with E-state index in [2.05, 4.69) is 0 Å². The SMILES string of the molecule is NCc1occc1-c1c(Cl)c(Cl)cc(Cl)c1Cl. The van der Waals surface area contributed by atoms with Crippen molar-refractivity contribution in [1.29, 1.82) is 0 Å². The van der Waals surface area contributed by atoms with E-state index in [-0.39, 0.29) is 6.54 Å². The van der Waals surface area contributed by atoms with Crippen LogP contribution in [0.1, 0.15) is 5.76 Å². The second kappa shape index (κ2) is 5.09. The maximum atomic E-state index is 6.13. The Labute approximate surface area is 118 Å². The van der Waals surface area contributed by atoms with Crippen LogP contribution >= 0.6 is 46.4 Å². The number of benzene rings is 1. The number of rotatable bonds is 2. The Kier molecular flexibility index (Phi) is 3.91. The van der Waals surface area contributed by atoms with Crippen molar-refractivity contribution in [1.82, 2.24) is 0 Å². The van der Waals surface area contributed by atoms with Crippen LogP contribution in [0.3, 0.4) is 0 Å². The van der Waals surface area contributed by atoms with E-state index in [9.17, 15) is 0 Å². The fourth-order valence-corrected chi connectivity index (χ4v) is 2.54. The minimum absolute atomic E-state index is 0.235. The smallest absolute Gasteiger partial charge is 0.125 e. The third kappa shape index (κ3) is 2.28. The van der Waals surface area contributed by atoms with Crippen molar-refractivity contribution < 1.29 is 4.42 Å². The van der Waals surface area contributed by atoms with Crippen molar-refractivity contribution in [2.45, 2.75) is 6.54 Å². The third-order valence-electron chi connectivity index (χ3n) is 2.31. The van der Waals surface area contributed by atoms with Gasteiger partial charge >= 0.3 is 0 Å². The number of furan rings is 1. The van der Waals surface area contributed by atoms with Crippen LogP contribution in [0.25, 0.3) is 11.1 Å². The average Bonchev–Trinajstić information content (AvgIpc) is 2.75. The first-order valence-electron chi connectivity index (χ1n) is 4.66. The normalized spacial score (nSPS) is 10.9. The van der Waals surface area contributed by atoms with E-state index in [0.29, 0.717) is 37.0 Å². The van der Waals surface area contributed by atoms with Gasteiger partial charge in [0.15, 0.2) is 0 Å². The molecule has 2 N–H and O–H groups in total. The first kappa shape index (κ1) is 13.1. The van der Waals surface area contributed by atoms with Crippen LogP contribution in [0.15, 0.2) is 22.8 Å². The molecule has 1 aromatic carbocycles. The van der Waals surface area contributed by atoms with Gasteiger partial charge in [-0.25, -0.2) is 0 Å². The lowest BCUT2D eigenvalue weighted by atomic mass is 10.1. The Morgan fingerprint density at radius 1 is 1.06 bits per heavy atom. The highest BCUT2D eigenvalue weighted by molar-refractivity contribution is 6.50. The molecule has 17 heavy (non-hydrogen) atoms. The zero-order valence-electron chi connectivity index (χ0n) is 8.44. The van der Waals surface area contributed by atoms with Crippen LogP contribution < -0.4 is 5.73 Å². The molecule has 1 aromatic heterocycles. The second-order valence-electron chi connectivity index (χ2n) is 3.30. The monoisotopic (exact) mass is 309 g/mol. The molecule has 0 saturated carbocycles. The van der Waals surface area contributed by atoms with Crippen molar-refractivity contribution in [3.63, 3.8) is 0 Å². The number of hydrogen-bond acceptors (Lipinski definition) is 2. The standard InChI is InChI=1S/C11H7Cl4NO/c12-6-3-7(13)11(15)9(10(6)14)5-1-2-17-8(5)4-16/h1-3H,4,16H2. The molecule has 0 fully saturated rings. The quantitative estimate of drug-likeness (QED) is 0.791. The molecular weight excluding hydrogens is 304 g/mol. The summed E-state index contributed by atoms with van der Waals surface area (Å²) >= 11 is 24.2. The molecule has 0 aliphatic carbocycles. The van der Waals surface area contributed by atoms with E-state index in [4.69, 9.17) is 56.6 Å². The lowest BCUT2D eigenvalue weighted by Gasteiger charge is -2.10. The van der Waals surface area contributed by atoms with Crippen LogP contribution in [0.5, 0.6) is 0 Å². The highest BCUT2D eigenvalue weighted by Gasteiger charge is 2.19. The van der Waals surface area contributed by atoms with Gasteiger partial charge in [-0.1, -0.05) is 46.4 Å². The van der Waals surface area contributed by atoms with Crippen molar-refractivity contribution in [3.8, 4) is 11.1 Å². The Morgan fingerprint density at radius 3 is 2.18 bits per heavy atom. The summed E-state index contributed by atoms with van der Waals surface area (Å²) in [5.41, 5.74) is 6.81. The van der Waals surface area contributed by atoms with Gasteiger partial charge in [0, 0.05) is 11.1 Å². The molecule has 0 saturated heterocycles. The van der Waals surface area contributed by atoms with Crippen LogP contribution in [-0.4, -0.2) is 0 Å². The maximum absolute atomic E-state index is 6.13. The molecule has 0 unspecified atom stereocenters. The van der Waals surface area contributed by atoms with Gasteiger partial charge in [0.1, 0.15) is 5.76 Å². The second-order valence-corrected chi connectivity index (χ2v) is 4.88. The molecule has 2 aromatic rings. The molecule has 6 heteroatoms. The van der Waals surface area contributed by atoms with E-state index < -0.39 is 0 Å². The molecule has 0 aliphatic rings. The van der Waals surface area contributed by atoms with E-state index in [1.165, 1.54) is 12.3 Å². The van der Waals surface area contributed by atoms with Gasteiger partial charge in [0.2, 0.25) is 0 Å². The zero-order valence-corrected chi connectivity index (χ0v) is 11.5. The molecule has 90 valence electrons. The summed E-state index contributed by atoms with van der Waals surface area (Å²) in [5, 5.41) is 1.33. The summed E-state index contributed by atoms with van der Waals surface area (Å²) in [6.07, 6.45) is 1.51. The molecular formula is C11H7Cl4NO. The fraction of sp³-hybridized carbons (Fsp3) is 0.0909. The largest absolute Gasteiger partial charge is 0.467 e. The fourth-order valence-electron chi connectivity index (χ4n) is 1.53. The van der Waals surface area contributed by atoms with E-state index in [1.807, 2.05) is 0 Å². The minimum Gasteiger partial charge on any atom is -0.467 e. The Balaban J connectivity index is 2.75. The molecule has 2 rings (SSSR count). The third-order valence-corrected chi connectivity index (χ3v) is 3.89. The lowest BCUT2D eigenvalue weighted by molar-refractivity contribution is 0.513. The summed E-state index contributed by atoms with van der Waals surface area (Å²) in [7, 11) is 0. The number of halogens is 4. The van der Waals surface area contributed by atoms with Gasteiger partial charge in [-0.2, -0.15) is 0 Å². The van der Waals surface area contributed by atoms with E-state index in [1.54, 1.807) is 6.07 Å². The molecule has 0 bridgehead atoms. The van der Waals surface area contributed by atoms with Crippen molar-refractivity contribution in [2.24, 2.45) is 5.73 Å². The van der Waals surface area contributed by atoms with E-state index >= 15 is 0 Å². The predicted molar refractivity (Wildman–Crippen MR) is 72.1 cm³/mol. The van der Waals surface area contributed by atoms with Gasteiger partial charge in [0.05, 0.1) is 32.9 Å². The Morgan fingerprint density at radius 2 is 1.65 bits per heavy atom. The van der Waals surface area contributed by atoms with Gasteiger partial charge in [-0.3, -0.25) is 0 Å². The average molecular weight is 311 g/mol. The molecule has 0 spiro atoms. The van der Waals surface area contributed by atoms with Crippen LogP contribution in [0, 0.1) is 0 Å². The van der Waals surface area contributed by atoms with Gasteiger partial charge < -0.3 is 10.2 Å². The molecule has 2 nitrogen and oxygen atoms in total. The van der Waals surface area contributed by atoms with Crippen molar-refractivity contribution in [3.05, 3.63) is 44.2 Å². The summed E-state index contributed by atoms with van der Waals surface area (Å²) in [6, 6.07) is 3.22. The highest BCUT2D eigenvalue weighted by atomic mass is 35.5. The first-order valence-corrected chi connectivity index (χ1v) is 6.17. The lowest BCUT2D eigenvalue weighted by Crippen LogP contribution is -1.96. The molecule has 0 radical (unpaired) electrons. The van der Waals surface area contributed by atoms with Crippen LogP contribution in [0.4, 0.5) is 0 Å². The predicted octanol–water partition coefficient (Wildman–Crippen LogP) is 5.02. The Bertz CT molecular complexity index is 539. The molecule has 0 aliphatic heterocycles. The highest BCUT2D eigenvalue weighted by Crippen LogP contribution is 2.44. The van der Waals surface area contributed by atoms with Crippen molar-refractivity contribution in [2.75, 3.05) is 0 Å². The number of hydrogen-bond donors (Lipinski definition) is 1. The molecule has 0 amide bonds. The van der Waals surface area contributed by atoms with Crippen molar-refractivity contribution >= 4 is 46.4 Å². The van der Waals surface area contributed by atoms with Gasteiger partial charge in [-0.15, -0.1) is 0 Å². The van der Waals surface area contributed by atoms with Gasteiger partial charge in [0.25, 0.3) is 0 Å². The van der Waals surface area contributed by atoms with Crippen LogP contribution in [0.2, 0.25) is 20.1 Å². The topological polar surface area (TPSA) is 39.2 Å².